The summed E-state index contributed by atoms with van der Waals surface area (Å²) in [5.41, 5.74) is 7.69. The SMILES string of the molecule is Cc1cc(C(=O)NCc2nn[nH]n2)ccc1C#CCN. The summed E-state index contributed by atoms with van der Waals surface area (Å²) in [4.78, 5) is 12.0. The molecule has 7 heteroatoms. The molecular formula is C13H14N6O. The summed E-state index contributed by atoms with van der Waals surface area (Å²) >= 11 is 0. The van der Waals surface area contributed by atoms with E-state index in [1.807, 2.05) is 6.92 Å². The third-order valence-electron chi connectivity index (χ3n) is 2.61. The maximum atomic E-state index is 12.0. The van der Waals surface area contributed by atoms with E-state index in [4.69, 9.17) is 5.73 Å². The van der Waals surface area contributed by atoms with Crippen molar-refractivity contribution < 1.29 is 4.79 Å². The average molecular weight is 270 g/mol. The molecule has 0 bridgehead atoms. The Hall–Kier alpha value is -2.72. The normalized spacial score (nSPS) is 9.70. The van der Waals surface area contributed by atoms with Crippen molar-refractivity contribution in [2.45, 2.75) is 13.5 Å². The number of aryl methyl sites for hydroxylation is 1. The highest BCUT2D eigenvalue weighted by atomic mass is 16.1. The molecule has 2 aromatic rings. The zero-order valence-corrected chi connectivity index (χ0v) is 11.0. The Balaban J connectivity index is 2.05. The number of H-pyrrole nitrogens is 1. The first-order chi connectivity index (χ1) is 9.70. The molecule has 102 valence electrons. The van der Waals surface area contributed by atoms with E-state index in [0.29, 0.717) is 17.9 Å². The van der Waals surface area contributed by atoms with Crippen molar-refractivity contribution in [2.24, 2.45) is 5.73 Å². The third kappa shape index (κ3) is 3.40. The molecule has 0 aliphatic carbocycles. The summed E-state index contributed by atoms with van der Waals surface area (Å²) in [6.07, 6.45) is 0. The first-order valence-electron chi connectivity index (χ1n) is 6.01. The zero-order chi connectivity index (χ0) is 14.4. The maximum Gasteiger partial charge on any atom is 0.251 e. The Morgan fingerprint density at radius 2 is 2.35 bits per heavy atom. The van der Waals surface area contributed by atoms with Crippen molar-refractivity contribution in [2.75, 3.05) is 6.54 Å². The van der Waals surface area contributed by atoms with Gasteiger partial charge in [-0.1, -0.05) is 17.1 Å². The van der Waals surface area contributed by atoms with Crippen LogP contribution < -0.4 is 11.1 Å². The number of hydrogen-bond donors (Lipinski definition) is 3. The van der Waals surface area contributed by atoms with Crippen LogP contribution in [0.25, 0.3) is 0 Å². The number of nitrogens with two attached hydrogens (primary N) is 1. The van der Waals surface area contributed by atoms with Crippen LogP contribution in [0.15, 0.2) is 18.2 Å². The molecule has 0 fully saturated rings. The first-order valence-corrected chi connectivity index (χ1v) is 6.01. The largest absolute Gasteiger partial charge is 0.345 e. The number of tetrazole rings is 1. The lowest BCUT2D eigenvalue weighted by atomic mass is 10.0. The van der Waals surface area contributed by atoms with Gasteiger partial charge in [-0.2, -0.15) is 5.21 Å². The second-order valence-electron chi connectivity index (χ2n) is 4.05. The van der Waals surface area contributed by atoms with E-state index in [0.717, 1.165) is 11.1 Å². The third-order valence-corrected chi connectivity index (χ3v) is 2.61. The Morgan fingerprint density at radius 1 is 1.50 bits per heavy atom. The molecule has 0 saturated heterocycles. The molecule has 1 heterocycles. The molecule has 4 N–H and O–H groups in total. The van der Waals surface area contributed by atoms with Crippen LogP contribution in [0.2, 0.25) is 0 Å². The standard InChI is InChI=1S/C13H14N6O/c1-9-7-11(5-4-10(9)3-2-6-14)13(20)15-8-12-16-18-19-17-12/h4-5,7H,6,8,14H2,1H3,(H,15,20)(H,16,17,18,19). The Bertz CT molecular complexity index is 653. The number of nitrogens with one attached hydrogen (secondary N) is 2. The van der Waals surface area contributed by atoms with Crippen LogP contribution >= 0.6 is 0 Å². The van der Waals surface area contributed by atoms with Crippen molar-refractivity contribution in [1.29, 1.82) is 0 Å². The fraction of sp³-hybridized carbons (Fsp3) is 0.231. The fourth-order valence-electron chi connectivity index (χ4n) is 1.61. The van der Waals surface area contributed by atoms with Gasteiger partial charge in [-0.05, 0) is 30.7 Å². The van der Waals surface area contributed by atoms with Crippen molar-refractivity contribution in [3.05, 3.63) is 40.7 Å². The number of carbonyl (C=O) groups is 1. The van der Waals surface area contributed by atoms with Gasteiger partial charge in [0.15, 0.2) is 5.82 Å². The van der Waals surface area contributed by atoms with Crippen molar-refractivity contribution in [1.82, 2.24) is 25.9 Å². The number of amides is 1. The quantitative estimate of drug-likeness (QED) is 0.666. The molecule has 1 aromatic carbocycles. The van der Waals surface area contributed by atoms with Crippen LogP contribution in [0, 0.1) is 18.8 Å². The molecule has 0 aliphatic heterocycles. The van der Waals surface area contributed by atoms with Gasteiger partial charge in [-0.25, -0.2) is 0 Å². The molecule has 7 nitrogen and oxygen atoms in total. The summed E-state index contributed by atoms with van der Waals surface area (Å²) in [7, 11) is 0. The van der Waals surface area contributed by atoms with Crippen LogP contribution in [-0.4, -0.2) is 33.1 Å². The van der Waals surface area contributed by atoms with E-state index >= 15 is 0 Å². The summed E-state index contributed by atoms with van der Waals surface area (Å²) < 4.78 is 0. The number of aromatic amines is 1. The van der Waals surface area contributed by atoms with Gasteiger partial charge in [0.05, 0.1) is 13.1 Å². The maximum absolute atomic E-state index is 12.0. The van der Waals surface area contributed by atoms with Crippen molar-refractivity contribution >= 4 is 5.91 Å². The first kappa shape index (κ1) is 13.7. The molecule has 0 saturated carbocycles. The molecular weight excluding hydrogens is 256 g/mol. The minimum atomic E-state index is -0.198. The van der Waals surface area contributed by atoms with E-state index in [9.17, 15) is 4.79 Å². The van der Waals surface area contributed by atoms with Crippen LogP contribution in [0.1, 0.15) is 27.3 Å². The van der Waals surface area contributed by atoms with Crippen LogP contribution in [0.4, 0.5) is 0 Å². The lowest BCUT2D eigenvalue weighted by molar-refractivity contribution is 0.0950. The fourth-order valence-corrected chi connectivity index (χ4v) is 1.61. The topological polar surface area (TPSA) is 110 Å². The molecule has 0 aliphatic rings. The molecule has 1 aromatic heterocycles. The number of benzene rings is 1. The zero-order valence-electron chi connectivity index (χ0n) is 11.0. The van der Waals surface area contributed by atoms with Gasteiger partial charge in [0, 0.05) is 11.1 Å². The van der Waals surface area contributed by atoms with Gasteiger partial charge in [0.1, 0.15) is 0 Å². The Labute approximate surface area is 116 Å². The summed E-state index contributed by atoms with van der Waals surface area (Å²) in [6.45, 7) is 2.44. The van der Waals surface area contributed by atoms with Gasteiger partial charge in [-0.15, -0.1) is 10.2 Å². The van der Waals surface area contributed by atoms with E-state index in [-0.39, 0.29) is 12.5 Å². The van der Waals surface area contributed by atoms with E-state index < -0.39 is 0 Å². The highest BCUT2D eigenvalue weighted by Gasteiger charge is 2.08. The van der Waals surface area contributed by atoms with Crippen LogP contribution in [0.5, 0.6) is 0 Å². The van der Waals surface area contributed by atoms with Crippen LogP contribution in [-0.2, 0) is 6.54 Å². The van der Waals surface area contributed by atoms with E-state index in [1.165, 1.54) is 0 Å². The number of hydrogen-bond acceptors (Lipinski definition) is 5. The molecule has 0 radical (unpaired) electrons. The molecule has 0 atom stereocenters. The molecule has 0 spiro atoms. The number of nitrogens with zero attached hydrogens (tertiary/aromatic N) is 3. The second-order valence-corrected chi connectivity index (χ2v) is 4.05. The lowest BCUT2D eigenvalue weighted by Gasteiger charge is -2.05. The highest BCUT2D eigenvalue weighted by molar-refractivity contribution is 5.94. The molecule has 20 heavy (non-hydrogen) atoms. The molecule has 1 amide bonds. The minimum Gasteiger partial charge on any atom is -0.345 e. The summed E-state index contributed by atoms with van der Waals surface area (Å²) in [5.74, 6) is 5.98. The van der Waals surface area contributed by atoms with E-state index in [2.05, 4.69) is 37.8 Å². The number of rotatable bonds is 3. The van der Waals surface area contributed by atoms with Crippen molar-refractivity contribution in [3.63, 3.8) is 0 Å². The van der Waals surface area contributed by atoms with Crippen LogP contribution in [0.3, 0.4) is 0 Å². The van der Waals surface area contributed by atoms with Gasteiger partial charge in [-0.3, -0.25) is 4.79 Å². The molecule has 2 rings (SSSR count). The Kier molecular flexibility index (Phi) is 4.42. The monoisotopic (exact) mass is 270 g/mol. The highest BCUT2D eigenvalue weighted by Crippen LogP contribution is 2.10. The minimum absolute atomic E-state index is 0.198. The van der Waals surface area contributed by atoms with Gasteiger partial charge in [0.2, 0.25) is 0 Å². The smallest absolute Gasteiger partial charge is 0.251 e. The predicted molar refractivity (Wildman–Crippen MR) is 72.5 cm³/mol. The number of carbonyl (C=O) groups excluding carboxylic acids is 1. The predicted octanol–water partition coefficient (Wildman–Crippen LogP) is -0.252. The van der Waals surface area contributed by atoms with Crippen molar-refractivity contribution in [3.8, 4) is 11.8 Å². The number of aromatic nitrogens is 4. The molecule has 0 unspecified atom stereocenters. The lowest BCUT2D eigenvalue weighted by Crippen LogP contribution is -2.23. The van der Waals surface area contributed by atoms with E-state index in [1.54, 1.807) is 18.2 Å². The summed E-state index contributed by atoms with van der Waals surface area (Å²) in [5, 5.41) is 16.0. The van der Waals surface area contributed by atoms with Gasteiger partial charge in [0.25, 0.3) is 5.91 Å². The second kappa shape index (κ2) is 6.45. The Morgan fingerprint density at radius 3 is 3.00 bits per heavy atom. The van der Waals surface area contributed by atoms with Gasteiger partial charge < -0.3 is 11.1 Å². The average Bonchev–Trinajstić information content (AvgIpc) is 2.96. The van der Waals surface area contributed by atoms with Gasteiger partial charge >= 0.3 is 0 Å². The summed E-state index contributed by atoms with van der Waals surface area (Å²) in [6, 6.07) is 5.31.